The van der Waals surface area contributed by atoms with Crippen molar-refractivity contribution in [3.05, 3.63) is 71.0 Å². The van der Waals surface area contributed by atoms with E-state index in [2.05, 4.69) is 10.3 Å². The van der Waals surface area contributed by atoms with Crippen molar-refractivity contribution in [2.75, 3.05) is 6.54 Å². The number of amides is 1. The van der Waals surface area contributed by atoms with Crippen molar-refractivity contribution in [2.45, 2.75) is 20.5 Å². The van der Waals surface area contributed by atoms with Crippen molar-refractivity contribution in [2.24, 2.45) is 5.92 Å². The maximum Gasteiger partial charge on any atom is 0.270 e. The molecule has 1 heterocycles. The maximum absolute atomic E-state index is 12.9. The van der Waals surface area contributed by atoms with Crippen LogP contribution in [-0.2, 0) is 6.61 Å². The standard InChI is InChI=1S/C21H21FN2O2S/c1-14(2)11-23-20(25)19-13-27-21(24-19)16-5-9-18(10-6-16)26-12-15-3-7-17(22)8-4-15/h3-10,13-14H,11-12H2,1-2H3,(H,23,25). The topological polar surface area (TPSA) is 51.2 Å². The molecule has 27 heavy (non-hydrogen) atoms. The molecule has 1 N–H and O–H groups in total. The molecule has 3 rings (SSSR count). The summed E-state index contributed by atoms with van der Waals surface area (Å²) in [5, 5.41) is 5.42. The van der Waals surface area contributed by atoms with Crippen molar-refractivity contribution >= 4 is 17.2 Å². The van der Waals surface area contributed by atoms with E-state index in [4.69, 9.17) is 4.74 Å². The molecule has 0 bridgehead atoms. The minimum atomic E-state index is -0.260. The highest BCUT2D eigenvalue weighted by Gasteiger charge is 2.12. The largest absolute Gasteiger partial charge is 0.489 e. The lowest BCUT2D eigenvalue weighted by molar-refractivity contribution is 0.0945. The molecule has 2 aromatic carbocycles. The van der Waals surface area contributed by atoms with Crippen LogP contribution in [0.4, 0.5) is 4.39 Å². The predicted octanol–water partition coefficient (Wildman–Crippen LogP) is 4.91. The van der Waals surface area contributed by atoms with Crippen LogP contribution in [0.1, 0.15) is 29.9 Å². The molecule has 0 atom stereocenters. The van der Waals surface area contributed by atoms with Crippen LogP contribution in [0.25, 0.3) is 10.6 Å². The first kappa shape index (κ1) is 19.0. The monoisotopic (exact) mass is 384 g/mol. The van der Waals surface area contributed by atoms with Gasteiger partial charge in [0, 0.05) is 17.5 Å². The van der Waals surface area contributed by atoms with Crippen LogP contribution < -0.4 is 10.1 Å². The van der Waals surface area contributed by atoms with Crippen LogP contribution in [0.2, 0.25) is 0 Å². The number of halogens is 1. The zero-order valence-electron chi connectivity index (χ0n) is 15.2. The quantitative estimate of drug-likeness (QED) is 0.629. The summed E-state index contributed by atoms with van der Waals surface area (Å²) in [5.74, 6) is 0.707. The highest BCUT2D eigenvalue weighted by Crippen LogP contribution is 2.26. The number of benzene rings is 2. The fraction of sp³-hybridized carbons (Fsp3) is 0.238. The Hall–Kier alpha value is -2.73. The summed E-state index contributed by atoms with van der Waals surface area (Å²) in [4.78, 5) is 16.5. The van der Waals surface area contributed by atoms with Crippen LogP contribution >= 0.6 is 11.3 Å². The first-order chi connectivity index (χ1) is 13.0. The third kappa shape index (κ3) is 5.37. The van der Waals surface area contributed by atoms with E-state index in [9.17, 15) is 9.18 Å². The molecule has 1 amide bonds. The Balaban J connectivity index is 1.60. The number of ether oxygens (including phenoxy) is 1. The van der Waals surface area contributed by atoms with Gasteiger partial charge >= 0.3 is 0 Å². The van der Waals surface area contributed by atoms with Crippen LogP contribution in [0.5, 0.6) is 5.75 Å². The number of aromatic nitrogens is 1. The van der Waals surface area contributed by atoms with E-state index >= 15 is 0 Å². The molecule has 0 saturated carbocycles. The molecule has 0 aliphatic rings. The highest BCUT2D eigenvalue weighted by atomic mass is 32.1. The SMILES string of the molecule is CC(C)CNC(=O)c1csc(-c2ccc(OCc3ccc(F)cc3)cc2)n1. The fourth-order valence-electron chi connectivity index (χ4n) is 2.34. The molecule has 0 spiro atoms. The van der Waals surface area contributed by atoms with E-state index in [1.54, 1.807) is 17.5 Å². The van der Waals surface area contributed by atoms with Crippen molar-refractivity contribution < 1.29 is 13.9 Å². The third-order valence-corrected chi connectivity index (χ3v) is 4.72. The lowest BCUT2D eigenvalue weighted by Gasteiger charge is -2.07. The van der Waals surface area contributed by atoms with Gasteiger partial charge in [0.25, 0.3) is 5.91 Å². The van der Waals surface area contributed by atoms with Crippen molar-refractivity contribution in [1.29, 1.82) is 0 Å². The molecular formula is C21H21FN2O2S. The number of carbonyl (C=O) groups excluding carboxylic acids is 1. The minimum Gasteiger partial charge on any atom is -0.489 e. The molecule has 0 aliphatic heterocycles. The average Bonchev–Trinajstić information content (AvgIpc) is 3.16. The molecule has 4 nitrogen and oxygen atoms in total. The van der Waals surface area contributed by atoms with Crippen LogP contribution in [0.15, 0.2) is 53.9 Å². The van der Waals surface area contributed by atoms with Crippen LogP contribution in [0, 0.1) is 11.7 Å². The molecule has 0 aliphatic carbocycles. The van der Waals surface area contributed by atoms with E-state index in [1.807, 2.05) is 38.1 Å². The second-order valence-corrected chi connectivity index (χ2v) is 7.44. The van der Waals surface area contributed by atoms with Gasteiger partial charge in [0.1, 0.15) is 28.9 Å². The summed E-state index contributed by atoms with van der Waals surface area (Å²) < 4.78 is 18.6. The molecule has 0 saturated heterocycles. The first-order valence-corrected chi connectivity index (χ1v) is 9.60. The molecule has 6 heteroatoms. The van der Waals surface area contributed by atoms with Gasteiger partial charge in [-0.1, -0.05) is 26.0 Å². The van der Waals surface area contributed by atoms with Gasteiger partial charge in [0.15, 0.2) is 0 Å². The Morgan fingerprint density at radius 2 is 1.85 bits per heavy atom. The van der Waals surface area contributed by atoms with Gasteiger partial charge in [-0.05, 0) is 47.9 Å². The normalized spacial score (nSPS) is 10.8. The number of nitrogens with one attached hydrogen (secondary N) is 1. The van der Waals surface area contributed by atoms with E-state index in [1.165, 1.54) is 23.5 Å². The van der Waals surface area contributed by atoms with E-state index in [0.29, 0.717) is 24.8 Å². The van der Waals surface area contributed by atoms with Crippen molar-refractivity contribution in [3.63, 3.8) is 0 Å². The maximum atomic E-state index is 12.9. The summed E-state index contributed by atoms with van der Waals surface area (Å²) in [7, 11) is 0. The number of hydrogen-bond acceptors (Lipinski definition) is 4. The second kappa shape index (κ2) is 8.77. The third-order valence-electron chi connectivity index (χ3n) is 3.83. The molecule has 0 unspecified atom stereocenters. The Bertz CT molecular complexity index is 889. The van der Waals surface area contributed by atoms with Gasteiger partial charge in [0.2, 0.25) is 0 Å². The lowest BCUT2D eigenvalue weighted by atomic mass is 10.2. The highest BCUT2D eigenvalue weighted by molar-refractivity contribution is 7.13. The summed E-state index contributed by atoms with van der Waals surface area (Å²) in [5.41, 5.74) is 2.27. The summed E-state index contributed by atoms with van der Waals surface area (Å²) in [6.07, 6.45) is 0. The van der Waals surface area contributed by atoms with E-state index in [0.717, 1.165) is 21.9 Å². The Labute approximate surface area is 162 Å². The van der Waals surface area contributed by atoms with Crippen LogP contribution in [-0.4, -0.2) is 17.4 Å². The number of carbonyl (C=O) groups is 1. The molecule has 140 valence electrons. The number of nitrogens with zero attached hydrogens (tertiary/aromatic N) is 1. The molecule has 3 aromatic rings. The van der Waals surface area contributed by atoms with E-state index < -0.39 is 0 Å². The Morgan fingerprint density at radius 1 is 1.15 bits per heavy atom. The zero-order chi connectivity index (χ0) is 19.2. The zero-order valence-corrected chi connectivity index (χ0v) is 16.1. The minimum absolute atomic E-state index is 0.148. The summed E-state index contributed by atoms with van der Waals surface area (Å²) in [6, 6.07) is 13.8. The van der Waals surface area contributed by atoms with Gasteiger partial charge in [-0.15, -0.1) is 11.3 Å². The molecule has 0 radical (unpaired) electrons. The summed E-state index contributed by atoms with van der Waals surface area (Å²) >= 11 is 1.43. The smallest absolute Gasteiger partial charge is 0.270 e. The Kier molecular flexibility index (Phi) is 6.19. The van der Waals surface area contributed by atoms with E-state index in [-0.39, 0.29) is 11.7 Å². The molecule has 1 aromatic heterocycles. The predicted molar refractivity (Wildman–Crippen MR) is 105 cm³/mol. The second-order valence-electron chi connectivity index (χ2n) is 6.58. The Morgan fingerprint density at radius 3 is 2.52 bits per heavy atom. The summed E-state index contributed by atoms with van der Waals surface area (Å²) in [6.45, 7) is 5.10. The number of thiazole rings is 1. The fourth-order valence-corrected chi connectivity index (χ4v) is 3.15. The van der Waals surface area contributed by atoms with Gasteiger partial charge in [0.05, 0.1) is 0 Å². The van der Waals surface area contributed by atoms with Gasteiger partial charge < -0.3 is 10.1 Å². The van der Waals surface area contributed by atoms with Crippen molar-refractivity contribution in [1.82, 2.24) is 10.3 Å². The number of rotatable bonds is 7. The van der Waals surface area contributed by atoms with Gasteiger partial charge in [-0.25, -0.2) is 9.37 Å². The van der Waals surface area contributed by atoms with Crippen molar-refractivity contribution in [3.8, 4) is 16.3 Å². The van der Waals surface area contributed by atoms with Gasteiger partial charge in [-0.3, -0.25) is 4.79 Å². The molecular weight excluding hydrogens is 363 g/mol. The average molecular weight is 384 g/mol. The van der Waals surface area contributed by atoms with Gasteiger partial charge in [-0.2, -0.15) is 0 Å². The molecule has 0 fully saturated rings. The lowest BCUT2D eigenvalue weighted by Crippen LogP contribution is -2.27. The van der Waals surface area contributed by atoms with Crippen LogP contribution in [0.3, 0.4) is 0 Å². The first-order valence-electron chi connectivity index (χ1n) is 8.72. The number of hydrogen-bond donors (Lipinski definition) is 1.